The van der Waals surface area contributed by atoms with Crippen LogP contribution in [0.15, 0.2) is 12.1 Å². The lowest BCUT2D eigenvalue weighted by atomic mass is 10.0. The fourth-order valence-electron chi connectivity index (χ4n) is 1.56. The molecule has 0 spiro atoms. The maximum absolute atomic E-state index is 10.8. The molecule has 0 bridgehead atoms. The summed E-state index contributed by atoms with van der Waals surface area (Å²) in [4.78, 5) is 12.5. The van der Waals surface area contributed by atoms with Gasteiger partial charge in [-0.15, -0.1) is 0 Å². The molecule has 0 radical (unpaired) electrons. The Bertz CT molecular complexity index is 430. The average Bonchev–Trinajstić information content (AvgIpc) is 2.22. The zero-order chi connectivity index (χ0) is 13.2. The standard InChI is InChI=1S/C12H19N3O2/c1-8(2)14(4)7-10-9(3)5-6-11(12(10)13)15(16)17/h5-6,8H,7,13H2,1-4H3. The van der Waals surface area contributed by atoms with Gasteiger partial charge in [-0.1, -0.05) is 6.07 Å². The molecule has 5 heteroatoms. The highest BCUT2D eigenvalue weighted by Gasteiger charge is 2.18. The number of nitrogens with zero attached hydrogens (tertiary/aromatic N) is 2. The van der Waals surface area contributed by atoms with Crippen LogP contribution < -0.4 is 5.73 Å². The number of aryl methyl sites for hydroxylation is 1. The molecule has 0 aromatic heterocycles. The lowest BCUT2D eigenvalue weighted by molar-refractivity contribution is -0.384. The van der Waals surface area contributed by atoms with Gasteiger partial charge in [0.15, 0.2) is 0 Å². The van der Waals surface area contributed by atoms with Crippen molar-refractivity contribution in [2.75, 3.05) is 12.8 Å². The van der Waals surface area contributed by atoms with Crippen molar-refractivity contribution >= 4 is 11.4 Å². The minimum Gasteiger partial charge on any atom is -0.393 e. The Hall–Kier alpha value is -1.62. The van der Waals surface area contributed by atoms with Crippen molar-refractivity contribution in [1.82, 2.24) is 4.90 Å². The molecule has 0 amide bonds. The van der Waals surface area contributed by atoms with Crippen molar-refractivity contribution in [3.05, 3.63) is 33.4 Å². The Balaban J connectivity index is 3.14. The number of nitrogens with two attached hydrogens (primary N) is 1. The average molecular weight is 237 g/mol. The summed E-state index contributed by atoms with van der Waals surface area (Å²) < 4.78 is 0. The second-order valence-corrected chi connectivity index (χ2v) is 4.56. The zero-order valence-corrected chi connectivity index (χ0v) is 10.7. The molecule has 2 N–H and O–H groups in total. The fourth-order valence-corrected chi connectivity index (χ4v) is 1.56. The SMILES string of the molecule is Cc1ccc([N+](=O)[O-])c(N)c1CN(C)C(C)C. The molecule has 0 aliphatic carbocycles. The van der Waals surface area contributed by atoms with E-state index >= 15 is 0 Å². The van der Waals surface area contributed by atoms with Crippen molar-refractivity contribution in [2.45, 2.75) is 33.4 Å². The highest BCUT2D eigenvalue weighted by Crippen LogP contribution is 2.28. The van der Waals surface area contributed by atoms with E-state index in [4.69, 9.17) is 5.73 Å². The minimum atomic E-state index is -0.437. The summed E-state index contributed by atoms with van der Waals surface area (Å²) in [5, 5.41) is 10.8. The number of hydrogen-bond acceptors (Lipinski definition) is 4. The van der Waals surface area contributed by atoms with Gasteiger partial charge in [0.2, 0.25) is 0 Å². The lowest BCUT2D eigenvalue weighted by Crippen LogP contribution is -2.26. The van der Waals surface area contributed by atoms with Gasteiger partial charge in [0.1, 0.15) is 5.69 Å². The van der Waals surface area contributed by atoms with E-state index in [0.717, 1.165) is 11.1 Å². The minimum absolute atomic E-state index is 0.0113. The van der Waals surface area contributed by atoms with Gasteiger partial charge >= 0.3 is 0 Å². The molecule has 0 unspecified atom stereocenters. The predicted octanol–water partition coefficient (Wildman–Crippen LogP) is 2.33. The molecule has 1 aromatic carbocycles. The molecular formula is C12H19N3O2. The quantitative estimate of drug-likeness (QED) is 0.495. The molecule has 5 nitrogen and oxygen atoms in total. The van der Waals surface area contributed by atoms with Crippen LogP contribution in [0.2, 0.25) is 0 Å². The molecular weight excluding hydrogens is 218 g/mol. The summed E-state index contributed by atoms with van der Waals surface area (Å²) in [5.74, 6) is 0. The topological polar surface area (TPSA) is 72.4 Å². The van der Waals surface area contributed by atoms with E-state index < -0.39 is 4.92 Å². The van der Waals surface area contributed by atoms with Gasteiger partial charge in [0.05, 0.1) is 4.92 Å². The summed E-state index contributed by atoms with van der Waals surface area (Å²) >= 11 is 0. The second kappa shape index (κ2) is 5.14. The third kappa shape index (κ3) is 2.94. The molecule has 0 heterocycles. The summed E-state index contributed by atoms with van der Waals surface area (Å²) in [6, 6.07) is 3.58. The number of hydrogen-bond donors (Lipinski definition) is 1. The van der Waals surface area contributed by atoms with Gasteiger partial charge in [-0.05, 0) is 38.9 Å². The molecule has 1 rings (SSSR count). The normalized spacial score (nSPS) is 11.2. The van der Waals surface area contributed by atoms with Crippen LogP contribution in [0.1, 0.15) is 25.0 Å². The van der Waals surface area contributed by atoms with Gasteiger partial charge in [-0.25, -0.2) is 0 Å². The van der Waals surface area contributed by atoms with Crippen LogP contribution in [0.3, 0.4) is 0 Å². The van der Waals surface area contributed by atoms with Crippen LogP contribution in [0.4, 0.5) is 11.4 Å². The van der Waals surface area contributed by atoms with Crippen LogP contribution in [-0.2, 0) is 6.54 Å². The Kier molecular flexibility index (Phi) is 4.07. The Morgan fingerprint density at radius 3 is 2.53 bits per heavy atom. The van der Waals surface area contributed by atoms with E-state index in [-0.39, 0.29) is 11.4 Å². The first kappa shape index (κ1) is 13.4. The van der Waals surface area contributed by atoms with Crippen LogP contribution in [-0.4, -0.2) is 22.9 Å². The maximum atomic E-state index is 10.8. The first-order valence-electron chi connectivity index (χ1n) is 5.57. The Morgan fingerprint density at radius 1 is 1.47 bits per heavy atom. The van der Waals surface area contributed by atoms with Gasteiger partial charge in [0.25, 0.3) is 5.69 Å². The van der Waals surface area contributed by atoms with E-state index in [9.17, 15) is 10.1 Å². The molecule has 0 saturated carbocycles. The Morgan fingerprint density at radius 2 is 2.06 bits per heavy atom. The number of nitro benzene ring substituents is 1. The first-order valence-corrected chi connectivity index (χ1v) is 5.57. The smallest absolute Gasteiger partial charge is 0.292 e. The van der Waals surface area contributed by atoms with Crippen molar-refractivity contribution in [3.8, 4) is 0 Å². The van der Waals surface area contributed by atoms with E-state index in [1.54, 1.807) is 6.07 Å². The monoisotopic (exact) mass is 237 g/mol. The third-order valence-electron chi connectivity index (χ3n) is 3.05. The van der Waals surface area contributed by atoms with Crippen molar-refractivity contribution in [3.63, 3.8) is 0 Å². The summed E-state index contributed by atoms with van der Waals surface area (Å²) in [7, 11) is 1.97. The molecule has 0 atom stereocenters. The predicted molar refractivity (Wildman–Crippen MR) is 68.8 cm³/mol. The molecule has 94 valence electrons. The zero-order valence-electron chi connectivity index (χ0n) is 10.7. The largest absolute Gasteiger partial charge is 0.393 e. The van der Waals surface area contributed by atoms with E-state index in [1.165, 1.54) is 6.07 Å². The van der Waals surface area contributed by atoms with Crippen molar-refractivity contribution in [2.24, 2.45) is 0 Å². The van der Waals surface area contributed by atoms with E-state index in [2.05, 4.69) is 18.7 Å². The van der Waals surface area contributed by atoms with Gasteiger partial charge < -0.3 is 5.73 Å². The number of nitro groups is 1. The maximum Gasteiger partial charge on any atom is 0.292 e. The van der Waals surface area contributed by atoms with Crippen molar-refractivity contribution in [1.29, 1.82) is 0 Å². The molecule has 0 saturated heterocycles. The van der Waals surface area contributed by atoms with Gasteiger partial charge in [-0.2, -0.15) is 0 Å². The number of anilines is 1. The Labute approximate surface area is 101 Å². The van der Waals surface area contributed by atoms with Crippen LogP contribution in [0, 0.1) is 17.0 Å². The van der Waals surface area contributed by atoms with E-state index in [0.29, 0.717) is 12.6 Å². The molecule has 17 heavy (non-hydrogen) atoms. The molecule has 1 aromatic rings. The lowest BCUT2D eigenvalue weighted by Gasteiger charge is -2.22. The summed E-state index contributed by atoms with van der Waals surface area (Å²) in [6.45, 7) is 6.69. The van der Waals surface area contributed by atoms with Crippen LogP contribution in [0.25, 0.3) is 0 Å². The summed E-state index contributed by atoms with van der Waals surface area (Å²) in [5.41, 5.74) is 7.96. The van der Waals surface area contributed by atoms with Crippen molar-refractivity contribution < 1.29 is 4.92 Å². The van der Waals surface area contributed by atoms with Gasteiger partial charge in [-0.3, -0.25) is 15.0 Å². The number of benzene rings is 1. The first-order chi connectivity index (χ1) is 7.84. The molecule has 0 aliphatic heterocycles. The highest BCUT2D eigenvalue weighted by molar-refractivity contribution is 5.65. The van der Waals surface area contributed by atoms with Crippen LogP contribution in [0.5, 0.6) is 0 Å². The third-order valence-corrected chi connectivity index (χ3v) is 3.05. The van der Waals surface area contributed by atoms with Gasteiger partial charge in [0, 0.05) is 18.7 Å². The summed E-state index contributed by atoms with van der Waals surface area (Å²) in [6.07, 6.45) is 0. The molecule has 0 fully saturated rings. The van der Waals surface area contributed by atoms with Crippen LogP contribution >= 0.6 is 0 Å². The number of rotatable bonds is 4. The second-order valence-electron chi connectivity index (χ2n) is 4.56. The van der Waals surface area contributed by atoms with E-state index in [1.807, 2.05) is 14.0 Å². The fraction of sp³-hybridized carbons (Fsp3) is 0.500. The highest BCUT2D eigenvalue weighted by atomic mass is 16.6. The molecule has 0 aliphatic rings. The number of nitrogen functional groups attached to an aromatic ring is 1.